The molecule has 2 N–H and O–H groups in total. The molecule has 2 aromatic carbocycles. The van der Waals surface area contributed by atoms with Gasteiger partial charge >= 0.3 is 0 Å². The summed E-state index contributed by atoms with van der Waals surface area (Å²) in [6, 6.07) is 13.1. The van der Waals surface area contributed by atoms with Crippen molar-refractivity contribution in [3.05, 3.63) is 64.2 Å². The number of benzene rings is 2. The molecule has 0 atom stereocenters. The second-order valence-electron chi connectivity index (χ2n) is 5.12. The van der Waals surface area contributed by atoms with Crippen LogP contribution in [0.4, 0.5) is 11.4 Å². The first-order valence-corrected chi connectivity index (χ1v) is 7.45. The summed E-state index contributed by atoms with van der Waals surface area (Å²) in [5, 5.41) is 17.6. The van der Waals surface area contributed by atoms with Gasteiger partial charge < -0.3 is 10.1 Å². The number of carbonyl (C=O) groups is 1. The van der Waals surface area contributed by atoms with Crippen LogP contribution in [0.5, 0.6) is 5.75 Å². The molecule has 2 aromatic rings. The summed E-state index contributed by atoms with van der Waals surface area (Å²) in [5.41, 5.74) is 4.46. The molecule has 8 heteroatoms. The molecule has 0 aliphatic carbocycles. The number of nitrogens with one attached hydrogen (secondary N) is 2. The molecule has 0 heterocycles. The van der Waals surface area contributed by atoms with Crippen LogP contribution in [0.1, 0.15) is 12.5 Å². The van der Waals surface area contributed by atoms with E-state index < -0.39 is 4.92 Å². The maximum Gasteiger partial charge on any atom is 0.269 e. The van der Waals surface area contributed by atoms with Crippen LogP contribution in [0.3, 0.4) is 0 Å². The number of methoxy groups -OCH3 is 1. The van der Waals surface area contributed by atoms with Gasteiger partial charge in [0, 0.05) is 17.8 Å². The third-order valence-electron chi connectivity index (χ3n) is 3.39. The molecule has 0 aromatic heterocycles. The SMILES string of the molecule is COc1ccc(NCC(=O)NN=C(C)c2ccc([N+](=O)[O-])cc2)cc1. The second-order valence-corrected chi connectivity index (χ2v) is 5.12. The molecule has 0 aliphatic heterocycles. The zero-order valence-electron chi connectivity index (χ0n) is 13.9. The maximum atomic E-state index is 11.8. The zero-order chi connectivity index (χ0) is 18.2. The molecular formula is C17H18N4O4. The van der Waals surface area contributed by atoms with Gasteiger partial charge in [-0.25, -0.2) is 5.43 Å². The molecule has 2 rings (SSSR count). The highest BCUT2D eigenvalue weighted by atomic mass is 16.6. The standard InChI is InChI=1S/C17H18N4O4/c1-12(13-3-7-15(8-4-13)21(23)24)19-20-17(22)11-18-14-5-9-16(25-2)10-6-14/h3-10,18H,11H2,1-2H3,(H,20,22). The number of anilines is 1. The number of hydrogen-bond acceptors (Lipinski definition) is 6. The van der Waals surface area contributed by atoms with E-state index in [1.807, 2.05) is 0 Å². The molecular weight excluding hydrogens is 324 g/mol. The molecule has 0 saturated heterocycles. The van der Waals surface area contributed by atoms with Crippen molar-refractivity contribution in [2.24, 2.45) is 5.10 Å². The third kappa shape index (κ3) is 5.31. The highest BCUT2D eigenvalue weighted by Crippen LogP contribution is 2.14. The number of rotatable bonds is 7. The molecule has 25 heavy (non-hydrogen) atoms. The topological polar surface area (TPSA) is 106 Å². The van der Waals surface area contributed by atoms with Gasteiger partial charge in [-0.1, -0.05) is 0 Å². The van der Waals surface area contributed by atoms with Crippen LogP contribution in [0.15, 0.2) is 53.6 Å². The minimum atomic E-state index is -0.469. The van der Waals surface area contributed by atoms with E-state index >= 15 is 0 Å². The number of nitrogens with zero attached hydrogens (tertiary/aromatic N) is 2. The van der Waals surface area contributed by atoms with Gasteiger partial charge in [-0.05, 0) is 48.9 Å². The maximum absolute atomic E-state index is 11.8. The summed E-state index contributed by atoms with van der Waals surface area (Å²) in [7, 11) is 1.58. The van der Waals surface area contributed by atoms with Crippen LogP contribution in [-0.4, -0.2) is 30.2 Å². The first-order chi connectivity index (χ1) is 12.0. The molecule has 8 nitrogen and oxygen atoms in total. The van der Waals surface area contributed by atoms with E-state index in [1.165, 1.54) is 12.1 Å². The van der Waals surface area contributed by atoms with Crippen molar-refractivity contribution in [1.82, 2.24) is 5.43 Å². The van der Waals surface area contributed by atoms with Crippen LogP contribution in [-0.2, 0) is 4.79 Å². The Hall–Kier alpha value is -3.42. The highest BCUT2D eigenvalue weighted by molar-refractivity contribution is 5.99. The molecule has 130 valence electrons. The van der Waals surface area contributed by atoms with Crippen LogP contribution < -0.4 is 15.5 Å². The summed E-state index contributed by atoms with van der Waals surface area (Å²) in [5.74, 6) is 0.426. The molecule has 0 spiro atoms. The number of amides is 1. The number of ether oxygens (including phenoxy) is 1. The van der Waals surface area contributed by atoms with Crippen molar-refractivity contribution in [2.75, 3.05) is 19.0 Å². The van der Waals surface area contributed by atoms with Crippen molar-refractivity contribution < 1.29 is 14.5 Å². The minimum absolute atomic E-state index is 0.00396. The van der Waals surface area contributed by atoms with Gasteiger partial charge in [0.25, 0.3) is 11.6 Å². The first-order valence-electron chi connectivity index (χ1n) is 7.45. The Balaban J connectivity index is 1.86. The van der Waals surface area contributed by atoms with Crippen LogP contribution in [0, 0.1) is 10.1 Å². The van der Waals surface area contributed by atoms with Crippen molar-refractivity contribution in [3.63, 3.8) is 0 Å². The van der Waals surface area contributed by atoms with Crippen molar-refractivity contribution >= 4 is 23.0 Å². The summed E-state index contributed by atoms with van der Waals surface area (Å²) >= 11 is 0. The van der Waals surface area contributed by atoms with Crippen LogP contribution >= 0.6 is 0 Å². The fourth-order valence-electron chi connectivity index (χ4n) is 1.97. The average Bonchev–Trinajstić information content (AvgIpc) is 2.64. The number of non-ortho nitro benzene ring substituents is 1. The van der Waals surface area contributed by atoms with Gasteiger partial charge in [0.15, 0.2) is 0 Å². The van der Waals surface area contributed by atoms with E-state index in [-0.39, 0.29) is 18.1 Å². The largest absolute Gasteiger partial charge is 0.497 e. The van der Waals surface area contributed by atoms with E-state index in [0.29, 0.717) is 11.3 Å². The van der Waals surface area contributed by atoms with Gasteiger partial charge in [0.2, 0.25) is 0 Å². The fourth-order valence-corrected chi connectivity index (χ4v) is 1.97. The lowest BCUT2D eigenvalue weighted by Crippen LogP contribution is -2.26. The number of nitro groups is 1. The summed E-state index contributed by atoms with van der Waals surface area (Å²) in [6.07, 6.45) is 0. The Morgan fingerprint density at radius 2 is 1.80 bits per heavy atom. The monoisotopic (exact) mass is 342 g/mol. The van der Waals surface area contributed by atoms with Crippen molar-refractivity contribution in [2.45, 2.75) is 6.92 Å². The van der Waals surface area contributed by atoms with Gasteiger partial charge in [-0.15, -0.1) is 0 Å². The highest BCUT2D eigenvalue weighted by Gasteiger charge is 2.06. The Morgan fingerprint density at radius 1 is 1.16 bits per heavy atom. The van der Waals surface area contributed by atoms with E-state index in [9.17, 15) is 14.9 Å². The summed E-state index contributed by atoms with van der Waals surface area (Å²) < 4.78 is 5.06. The summed E-state index contributed by atoms with van der Waals surface area (Å²) in [6.45, 7) is 1.77. The van der Waals surface area contributed by atoms with Gasteiger partial charge in [0.1, 0.15) is 5.75 Å². The van der Waals surface area contributed by atoms with Crippen molar-refractivity contribution in [1.29, 1.82) is 0 Å². The average molecular weight is 342 g/mol. The molecule has 1 amide bonds. The molecule has 0 unspecified atom stereocenters. The normalized spacial score (nSPS) is 10.9. The van der Waals surface area contributed by atoms with Crippen LogP contribution in [0.2, 0.25) is 0 Å². The number of carbonyl (C=O) groups excluding carboxylic acids is 1. The van der Waals surface area contributed by atoms with E-state index in [1.54, 1.807) is 50.4 Å². The van der Waals surface area contributed by atoms with Crippen LogP contribution in [0.25, 0.3) is 0 Å². The second kappa shape index (κ2) is 8.44. The molecule has 0 radical (unpaired) electrons. The summed E-state index contributed by atoms with van der Waals surface area (Å²) in [4.78, 5) is 22.0. The number of hydrazone groups is 1. The Labute approximate surface area is 144 Å². The van der Waals surface area contributed by atoms with Gasteiger partial charge in [-0.3, -0.25) is 14.9 Å². The number of hydrogen-bond donors (Lipinski definition) is 2. The zero-order valence-corrected chi connectivity index (χ0v) is 13.9. The Kier molecular flexibility index (Phi) is 6.05. The molecule has 0 fully saturated rings. The lowest BCUT2D eigenvalue weighted by atomic mass is 10.1. The lowest BCUT2D eigenvalue weighted by molar-refractivity contribution is -0.384. The van der Waals surface area contributed by atoms with E-state index in [0.717, 1.165) is 11.4 Å². The number of nitro benzene ring substituents is 1. The van der Waals surface area contributed by atoms with E-state index in [2.05, 4.69) is 15.8 Å². The quantitative estimate of drug-likeness (QED) is 0.457. The third-order valence-corrected chi connectivity index (χ3v) is 3.39. The Morgan fingerprint density at radius 3 is 2.36 bits per heavy atom. The predicted octanol–water partition coefficient (Wildman–Crippen LogP) is 2.56. The predicted molar refractivity (Wildman–Crippen MR) is 94.9 cm³/mol. The smallest absolute Gasteiger partial charge is 0.269 e. The molecule has 0 saturated carbocycles. The molecule has 0 bridgehead atoms. The minimum Gasteiger partial charge on any atom is -0.497 e. The van der Waals surface area contributed by atoms with Crippen molar-refractivity contribution in [3.8, 4) is 5.75 Å². The Bertz CT molecular complexity index is 770. The first kappa shape index (κ1) is 17.9. The van der Waals surface area contributed by atoms with Gasteiger partial charge in [-0.2, -0.15) is 5.10 Å². The lowest BCUT2D eigenvalue weighted by Gasteiger charge is -2.07. The van der Waals surface area contributed by atoms with E-state index in [4.69, 9.17) is 4.74 Å². The fraction of sp³-hybridized carbons (Fsp3) is 0.176. The van der Waals surface area contributed by atoms with Gasteiger partial charge in [0.05, 0.1) is 24.3 Å². The molecule has 0 aliphatic rings.